The molecule has 1 fully saturated rings. The summed E-state index contributed by atoms with van der Waals surface area (Å²) in [6, 6.07) is 9.93. The molecule has 0 amide bonds. The minimum Gasteiger partial charge on any atom is -0.380 e. The van der Waals surface area contributed by atoms with E-state index < -0.39 is 27.7 Å². The number of imidazole rings is 1. The van der Waals surface area contributed by atoms with E-state index in [1.54, 1.807) is 29.8 Å². The van der Waals surface area contributed by atoms with Crippen molar-refractivity contribution in [1.29, 1.82) is 0 Å². The first-order chi connectivity index (χ1) is 14.2. The van der Waals surface area contributed by atoms with Crippen molar-refractivity contribution in [3.8, 4) is 0 Å². The Labute approximate surface area is 178 Å². The van der Waals surface area contributed by atoms with Gasteiger partial charge in [0.2, 0.25) is 0 Å². The van der Waals surface area contributed by atoms with Crippen LogP contribution in [0.4, 0.5) is 14.5 Å². The van der Waals surface area contributed by atoms with Crippen LogP contribution in [0.1, 0.15) is 11.5 Å². The van der Waals surface area contributed by atoms with E-state index in [1.165, 1.54) is 41.1 Å². The van der Waals surface area contributed by atoms with Crippen LogP contribution in [-0.2, 0) is 17.1 Å². The average Bonchev–Trinajstić information content (AvgIpc) is 3.32. The summed E-state index contributed by atoms with van der Waals surface area (Å²) in [6.07, 6.45) is 2.85. The van der Waals surface area contributed by atoms with E-state index in [2.05, 4.69) is 10.3 Å². The van der Waals surface area contributed by atoms with Gasteiger partial charge in [0, 0.05) is 44.0 Å². The highest BCUT2D eigenvalue weighted by atomic mass is 35.5. The molecule has 3 aromatic rings. The molecule has 2 aromatic carbocycles. The Morgan fingerprint density at radius 2 is 1.97 bits per heavy atom. The van der Waals surface area contributed by atoms with Crippen molar-refractivity contribution >= 4 is 27.3 Å². The zero-order valence-electron chi connectivity index (χ0n) is 16.0. The van der Waals surface area contributed by atoms with Crippen molar-refractivity contribution in [2.24, 2.45) is 7.05 Å². The van der Waals surface area contributed by atoms with Crippen LogP contribution in [0.2, 0.25) is 5.02 Å². The van der Waals surface area contributed by atoms with Crippen LogP contribution in [0, 0.1) is 11.6 Å². The highest BCUT2D eigenvalue weighted by Crippen LogP contribution is 2.34. The Balaban J connectivity index is 1.67. The molecule has 0 saturated carbocycles. The summed E-state index contributed by atoms with van der Waals surface area (Å²) < 4.78 is 56.7. The van der Waals surface area contributed by atoms with Gasteiger partial charge in [-0.1, -0.05) is 23.7 Å². The third-order valence-electron chi connectivity index (χ3n) is 5.12. The minimum atomic E-state index is -3.84. The summed E-state index contributed by atoms with van der Waals surface area (Å²) in [4.78, 5) is 3.96. The van der Waals surface area contributed by atoms with Gasteiger partial charge < -0.3 is 9.88 Å². The van der Waals surface area contributed by atoms with Gasteiger partial charge in [-0.3, -0.25) is 0 Å². The summed E-state index contributed by atoms with van der Waals surface area (Å²) in [5.74, 6) is -1.34. The lowest BCUT2D eigenvalue weighted by Crippen LogP contribution is -2.32. The van der Waals surface area contributed by atoms with E-state index in [-0.39, 0.29) is 29.1 Å². The van der Waals surface area contributed by atoms with Gasteiger partial charge in [0.05, 0.1) is 11.3 Å². The monoisotopic (exact) mass is 452 g/mol. The molecule has 2 atom stereocenters. The normalized spacial score (nSPS) is 19.9. The number of aryl methyl sites for hydroxylation is 1. The Kier molecular flexibility index (Phi) is 5.52. The maximum absolute atomic E-state index is 13.9. The first kappa shape index (κ1) is 20.8. The van der Waals surface area contributed by atoms with Gasteiger partial charge in [-0.25, -0.2) is 22.2 Å². The second-order valence-electron chi connectivity index (χ2n) is 7.24. The molecule has 1 aromatic heterocycles. The fourth-order valence-electron chi connectivity index (χ4n) is 3.64. The van der Waals surface area contributed by atoms with Crippen molar-refractivity contribution in [2.75, 3.05) is 18.4 Å². The lowest BCUT2D eigenvalue weighted by atomic mass is 9.94. The highest BCUT2D eigenvalue weighted by molar-refractivity contribution is 7.89. The van der Waals surface area contributed by atoms with Gasteiger partial charge >= 0.3 is 0 Å². The molecule has 10 heteroatoms. The van der Waals surface area contributed by atoms with E-state index in [1.807, 2.05) is 0 Å². The van der Waals surface area contributed by atoms with Crippen molar-refractivity contribution in [1.82, 2.24) is 13.9 Å². The molecular weight excluding hydrogens is 434 g/mol. The Morgan fingerprint density at radius 3 is 2.63 bits per heavy atom. The first-order valence-corrected chi connectivity index (χ1v) is 11.0. The Bertz CT molecular complexity index is 1190. The van der Waals surface area contributed by atoms with Gasteiger partial charge in [-0.2, -0.15) is 4.31 Å². The molecule has 30 heavy (non-hydrogen) atoms. The fraction of sp³-hybridized carbons (Fsp3) is 0.250. The number of benzene rings is 2. The zero-order chi connectivity index (χ0) is 21.5. The fourth-order valence-corrected chi connectivity index (χ4v) is 5.22. The summed E-state index contributed by atoms with van der Waals surface area (Å²) >= 11 is 5.75. The second-order valence-corrected chi connectivity index (χ2v) is 9.53. The molecule has 1 saturated heterocycles. The number of nitrogens with zero attached hydrogens (tertiary/aromatic N) is 3. The van der Waals surface area contributed by atoms with Crippen LogP contribution in [-0.4, -0.2) is 41.4 Å². The predicted molar refractivity (Wildman–Crippen MR) is 110 cm³/mol. The molecule has 0 aliphatic carbocycles. The predicted octanol–water partition coefficient (Wildman–Crippen LogP) is 3.62. The number of rotatable bonds is 5. The zero-order valence-corrected chi connectivity index (χ0v) is 17.5. The van der Waals surface area contributed by atoms with Crippen LogP contribution < -0.4 is 5.32 Å². The third-order valence-corrected chi connectivity index (χ3v) is 7.14. The molecule has 1 N–H and O–H groups in total. The number of hydrogen-bond acceptors (Lipinski definition) is 4. The molecule has 0 spiro atoms. The van der Waals surface area contributed by atoms with Gasteiger partial charge in [-0.05, 0) is 35.9 Å². The summed E-state index contributed by atoms with van der Waals surface area (Å²) in [5, 5.41) is 3.12. The van der Waals surface area contributed by atoms with Gasteiger partial charge in [0.1, 0.15) is 11.6 Å². The highest BCUT2D eigenvalue weighted by Gasteiger charge is 2.41. The van der Waals surface area contributed by atoms with E-state index in [0.29, 0.717) is 11.3 Å². The number of nitrogens with one attached hydrogen (secondary N) is 1. The number of halogens is 3. The SMILES string of the molecule is Cn1cnc(S(=O)(=O)N2C[C@@H](Nc3ccc(Cl)c(F)c3)[C@H](c3cccc(F)c3)C2)c1. The van der Waals surface area contributed by atoms with E-state index in [4.69, 9.17) is 11.6 Å². The molecule has 0 bridgehead atoms. The largest absolute Gasteiger partial charge is 0.380 e. The summed E-state index contributed by atoms with van der Waals surface area (Å²) in [6.45, 7) is 0.250. The minimum absolute atomic E-state index is 0.00647. The smallest absolute Gasteiger partial charge is 0.262 e. The number of aromatic nitrogens is 2. The average molecular weight is 453 g/mol. The molecule has 1 aliphatic rings. The summed E-state index contributed by atoms with van der Waals surface area (Å²) in [7, 11) is -2.15. The second kappa shape index (κ2) is 7.98. The maximum Gasteiger partial charge on any atom is 0.262 e. The lowest BCUT2D eigenvalue weighted by Gasteiger charge is -2.21. The quantitative estimate of drug-likeness (QED) is 0.642. The summed E-state index contributed by atoms with van der Waals surface area (Å²) in [5.41, 5.74) is 1.11. The van der Waals surface area contributed by atoms with Crippen molar-refractivity contribution in [3.05, 3.63) is 77.2 Å². The molecule has 158 valence electrons. The van der Waals surface area contributed by atoms with Gasteiger partial charge in [0.15, 0.2) is 5.03 Å². The number of anilines is 1. The van der Waals surface area contributed by atoms with Crippen LogP contribution in [0.3, 0.4) is 0 Å². The van der Waals surface area contributed by atoms with Gasteiger partial charge in [0.25, 0.3) is 10.0 Å². The van der Waals surface area contributed by atoms with E-state index in [9.17, 15) is 17.2 Å². The van der Waals surface area contributed by atoms with Crippen LogP contribution in [0.15, 0.2) is 60.0 Å². The number of hydrogen-bond donors (Lipinski definition) is 1. The maximum atomic E-state index is 13.9. The molecule has 6 nitrogen and oxygen atoms in total. The molecule has 0 unspecified atom stereocenters. The third kappa shape index (κ3) is 4.05. The van der Waals surface area contributed by atoms with Gasteiger partial charge in [-0.15, -0.1) is 0 Å². The molecule has 2 heterocycles. The number of sulfonamides is 1. The van der Waals surface area contributed by atoms with Crippen LogP contribution in [0.5, 0.6) is 0 Å². The standard InChI is InChI=1S/C20H19ClF2N4O2S/c1-26-11-20(24-12-26)30(28,29)27-9-16(13-3-2-4-14(22)7-13)19(10-27)25-15-5-6-17(21)18(23)8-15/h2-8,11-12,16,19,25H,9-10H2,1H3/t16-,19+/m0/s1. The van der Waals surface area contributed by atoms with E-state index in [0.717, 1.165) is 0 Å². The Hall–Kier alpha value is -2.49. The molecule has 1 aliphatic heterocycles. The van der Waals surface area contributed by atoms with Crippen molar-refractivity contribution in [2.45, 2.75) is 17.0 Å². The Morgan fingerprint density at radius 1 is 1.17 bits per heavy atom. The lowest BCUT2D eigenvalue weighted by molar-refractivity contribution is 0.468. The van der Waals surface area contributed by atoms with Crippen molar-refractivity contribution < 1.29 is 17.2 Å². The van der Waals surface area contributed by atoms with E-state index >= 15 is 0 Å². The topological polar surface area (TPSA) is 67.2 Å². The van der Waals surface area contributed by atoms with Crippen LogP contribution in [0.25, 0.3) is 0 Å². The molecular formula is C20H19ClF2N4O2S. The molecule has 4 rings (SSSR count). The molecule has 0 radical (unpaired) electrons. The first-order valence-electron chi connectivity index (χ1n) is 9.19. The van der Waals surface area contributed by atoms with Crippen LogP contribution >= 0.6 is 11.6 Å². The van der Waals surface area contributed by atoms with Crippen molar-refractivity contribution in [3.63, 3.8) is 0 Å².